The van der Waals surface area contributed by atoms with Crippen LogP contribution in [0.5, 0.6) is 0 Å². The van der Waals surface area contributed by atoms with Crippen molar-refractivity contribution in [3.63, 3.8) is 0 Å². The molecule has 0 radical (unpaired) electrons. The molecule has 4 aromatic rings. The lowest BCUT2D eigenvalue weighted by atomic mass is 9.71. The highest BCUT2D eigenvalue weighted by molar-refractivity contribution is 6.15. The van der Waals surface area contributed by atoms with Gasteiger partial charge in [0.2, 0.25) is 10.8 Å². The molecule has 0 aliphatic carbocycles. The van der Waals surface area contributed by atoms with Crippen LogP contribution in [-0.4, -0.2) is 48.6 Å². The molecule has 6 rings (SSSR count). The summed E-state index contributed by atoms with van der Waals surface area (Å²) in [5.41, 5.74) is -18.8. The zero-order valence-electron chi connectivity index (χ0n) is 25.1. The van der Waals surface area contributed by atoms with Crippen LogP contribution in [-0.2, 0) is 20.3 Å². The minimum absolute atomic E-state index is 0.228. The van der Waals surface area contributed by atoms with Gasteiger partial charge in [-0.2, -0.15) is 52.7 Å². The average molecular weight is 746 g/mol. The second-order valence-electron chi connectivity index (χ2n) is 11.5. The lowest BCUT2D eigenvalue weighted by Gasteiger charge is -2.38. The topological polar surface area (TPSA) is 86.7 Å². The van der Waals surface area contributed by atoms with E-state index in [1.165, 1.54) is 0 Å². The molecule has 0 saturated carbocycles. The third-order valence-electron chi connectivity index (χ3n) is 8.83. The van der Waals surface area contributed by atoms with E-state index in [9.17, 15) is 71.9 Å². The van der Waals surface area contributed by atoms with Crippen LogP contribution in [0.2, 0.25) is 0 Å². The van der Waals surface area contributed by atoms with E-state index in [0.717, 1.165) is 0 Å². The summed E-state index contributed by atoms with van der Waals surface area (Å²) in [6.45, 7) is 0. The Balaban J connectivity index is 1.45. The van der Waals surface area contributed by atoms with Gasteiger partial charge in [-0.05, 0) is 57.6 Å². The largest absolute Gasteiger partial charge is 0.411 e. The van der Waals surface area contributed by atoms with Gasteiger partial charge in [0.25, 0.3) is 0 Å². The number of hydrogen-bond acceptors (Lipinski definition) is 6. The summed E-state index contributed by atoms with van der Waals surface area (Å²) in [7, 11) is 0. The summed E-state index contributed by atoms with van der Waals surface area (Å²) < 4.78 is 185. The minimum Gasteiger partial charge on any atom is -0.386 e. The fraction of sp³-hybridized carbons (Fsp3) is 0.176. The van der Waals surface area contributed by atoms with Gasteiger partial charge in [0, 0.05) is 0 Å². The van der Waals surface area contributed by atoms with Crippen molar-refractivity contribution in [2.45, 2.75) is 35.5 Å². The molecule has 6 nitrogen and oxygen atoms in total. The Hall–Kier alpha value is -5.68. The van der Waals surface area contributed by atoms with Crippen LogP contribution < -0.4 is 0 Å². The SMILES string of the molecule is O=C1OC(=O)c2cc(C(c3ccc(-c4ccc(C(c5ccc6c(c5)C(=O)OC6=O)(C(F)(F)F)C(F)(F)F)cc4)cc3)(C(F)(F)F)C(F)(F)F)ccc21. The maximum absolute atomic E-state index is 14.7. The Morgan fingerprint density at radius 1 is 0.327 bits per heavy atom. The highest BCUT2D eigenvalue weighted by Crippen LogP contribution is 2.58. The smallest absolute Gasteiger partial charge is 0.386 e. The number of cyclic esters (lactones) is 4. The molecule has 0 amide bonds. The number of alkyl halides is 12. The zero-order chi connectivity index (χ0) is 38.4. The van der Waals surface area contributed by atoms with Crippen molar-refractivity contribution in [1.82, 2.24) is 0 Å². The molecule has 0 aromatic heterocycles. The second-order valence-corrected chi connectivity index (χ2v) is 11.5. The van der Waals surface area contributed by atoms with Crippen molar-refractivity contribution in [1.29, 1.82) is 0 Å². The Kier molecular flexibility index (Phi) is 7.93. The Bertz CT molecular complexity index is 1980. The molecule has 4 aromatic carbocycles. The molecular formula is C34H14F12O6. The Labute approximate surface area is 281 Å². The van der Waals surface area contributed by atoms with Crippen molar-refractivity contribution in [3.8, 4) is 11.1 Å². The number of esters is 4. The number of hydrogen-bond donors (Lipinski definition) is 0. The van der Waals surface area contributed by atoms with Crippen molar-refractivity contribution >= 4 is 23.9 Å². The van der Waals surface area contributed by atoms with Gasteiger partial charge in [-0.25, -0.2) is 19.2 Å². The monoisotopic (exact) mass is 746 g/mol. The number of carbonyl (C=O) groups excluding carboxylic acids is 4. The van der Waals surface area contributed by atoms with Crippen LogP contribution in [0.15, 0.2) is 84.9 Å². The lowest BCUT2D eigenvalue weighted by Crippen LogP contribution is -2.54. The molecule has 2 aliphatic heterocycles. The van der Waals surface area contributed by atoms with Gasteiger partial charge in [0.15, 0.2) is 0 Å². The number of carbonyl (C=O) groups is 4. The molecule has 0 bridgehead atoms. The molecule has 0 saturated heterocycles. The van der Waals surface area contributed by atoms with E-state index in [4.69, 9.17) is 0 Å². The average Bonchev–Trinajstić information content (AvgIpc) is 3.47. The molecule has 52 heavy (non-hydrogen) atoms. The van der Waals surface area contributed by atoms with Gasteiger partial charge in [-0.3, -0.25) is 0 Å². The van der Waals surface area contributed by atoms with Gasteiger partial charge in [0.05, 0.1) is 22.3 Å². The van der Waals surface area contributed by atoms with Gasteiger partial charge in [-0.1, -0.05) is 60.7 Å². The molecular weight excluding hydrogens is 732 g/mol. The first kappa shape index (κ1) is 36.1. The third kappa shape index (κ3) is 5.05. The molecule has 2 heterocycles. The minimum atomic E-state index is -6.13. The normalized spacial score (nSPS) is 15.4. The fourth-order valence-electron chi connectivity index (χ4n) is 6.43. The molecule has 0 spiro atoms. The molecule has 18 heteroatoms. The number of halogens is 12. The molecule has 0 unspecified atom stereocenters. The first-order chi connectivity index (χ1) is 24.0. The highest BCUT2D eigenvalue weighted by atomic mass is 19.4. The van der Waals surface area contributed by atoms with Crippen molar-refractivity contribution in [2.24, 2.45) is 0 Å². The van der Waals surface area contributed by atoms with E-state index in [2.05, 4.69) is 9.47 Å². The maximum Gasteiger partial charge on any atom is 0.411 e. The number of rotatable bonds is 5. The van der Waals surface area contributed by atoms with E-state index in [1.54, 1.807) is 0 Å². The van der Waals surface area contributed by atoms with Crippen LogP contribution in [0.25, 0.3) is 11.1 Å². The van der Waals surface area contributed by atoms with E-state index < -0.39 is 104 Å². The van der Waals surface area contributed by atoms with Crippen LogP contribution >= 0.6 is 0 Å². The van der Waals surface area contributed by atoms with E-state index in [0.29, 0.717) is 72.8 Å². The molecule has 2 aliphatic rings. The van der Waals surface area contributed by atoms with Crippen LogP contribution in [0, 0.1) is 0 Å². The van der Waals surface area contributed by atoms with Crippen molar-refractivity contribution < 1.29 is 81.3 Å². The molecule has 0 N–H and O–H groups in total. The molecule has 0 fully saturated rings. The number of benzene rings is 4. The van der Waals surface area contributed by atoms with E-state index in [-0.39, 0.29) is 23.3 Å². The van der Waals surface area contributed by atoms with Gasteiger partial charge in [0.1, 0.15) is 0 Å². The summed E-state index contributed by atoms with van der Waals surface area (Å²) in [6.07, 6.45) is -24.5. The maximum atomic E-state index is 14.7. The summed E-state index contributed by atoms with van der Waals surface area (Å²) in [5, 5.41) is 0. The van der Waals surface area contributed by atoms with E-state index in [1.807, 2.05) is 0 Å². The van der Waals surface area contributed by atoms with Crippen LogP contribution in [0.4, 0.5) is 52.7 Å². The van der Waals surface area contributed by atoms with Crippen LogP contribution in [0.1, 0.15) is 63.7 Å². The lowest BCUT2D eigenvalue weighted by molar-refractivity contribution is -0.290. The summed E-state index contributed by atoms with van der Waals surface area (Å²) in [6, 6.07) is 6.70. The summed E-state index contributed by atoms with van der Waals surface area (Å²) in [4.78, 5) is 47.5. The third-order valence-corrected chi connectivity index (χ3v) is 8.83. The van der Waals surface area contributed by atoms with Gasteiger partial charge in [-0.15, -0.1) is 0 Å². The van der Waals surface area contributed by atoms with Gasteiger partial charge < -0.3 is 9.47 Å². The predicted octanol–water partition coefficient (Wildman–Crippen LogP) is 8.80. The second kappa shape index (κ2) is 11.4. The first-order valence-corrected chi connectivity index (χ1v) is 14.3. The summed E-state index contributed by atoms with van der Waals surface area (Å²) in [5.74, 6) is -5.54. The Morgan fingerprint density at radius 3 is 0.846 bits per heavy atom. The first-order valence-electron chi connectivity index (χ1n) is 14.3. The standard InChI is InChI=1S/C34H14F12O6/c35-31(36,37)29(32(38,39)40,19-9-11-21-23(13-19)27(49)51-25(21)47)17-5-1-15(2-6-17)16-3-7-18(8-4-16)30(33(41,42)43,34(44,45)46)20-10-12-22-24(14-20)28(50)52-26(22)48/h1-14H. The Morgan fingerprint density at radius 2 is 0.577 bits per heavy atom. The molecule has 270 valence electrons. The molecule has 0 atom stereocenters. The van der Waals surface area contributed by atoms with E-state index >= 15 is 0 Å². The fourth-order valence-corrected chi connectivity index (χ4v) is 6.43. The number of fused-ring (bicyclic) bond motifs is 2. The van der Waals surface area contributed by atoms with Crippen molar-refractivity contribution in [3.05, 3.63) is 129 Å². The highest BCUT2D eigenvalue weighted by Gasteiger charge is 2.74. The van der Waals surface area contributed by atoms with Crippen LogP contribution in [0.3, 0.4) is 0 Å². The zero-order valence-corrected chi connectivity index (χ0v) is 25.1. The number of ether oxygens (including phenoxy) is 2. The summed E-state index contributed by atoms with van der Waals surface area (Å²) >= 11 is 0. The van der Waals surface area contributed by atoms with Gasteiger partial charge >= 0.3 is 48.6 Å². The quantitative estimate of drug-likeness (QED) is 0.115. The predicted molar refractivity (Wildman–Crippen MR) is 150 cm³/mol. The van der Waals surface area contributed by atoms with Crippen molar-refractivity contribution in [2.75, 3.05) is 0 Å².